The molecule has 42 heavy (non-hydrogen) atoms. The van der Waals surface area contributed by atoms with Crippen molar-refractivity contribution in [1.29, 1.82) is 0 Å². The molecule has 4 heterocycles. The number of nitrogens with zero attached hydrogens (tertiary/aromatic N) is 2. The van der Waals surface area contributed by atoms with E-state index in [0.717, 1.165) is 39.6 Å². The van der Waals surface area contributed by atoms with Crippen LogP contribution in [0.3, 0.4) is 0 Å². The Kier molecular flexibility index (Phi) is 7.69. The van der Waals surface area contributed by atoms with Gasteiger partial charge in [0.25, 0.3) is 0 Å². The molecule has 0 aromatic carbocycles. The molecule has 10 heteroatoms. The second-order valence-corrected chi connectivity index (χ2v) is 19.7. The molecule has 3 aliphatic rings. The van der Waals surface area contributed by atoms with Crippen molar-refractivity contribution >= 4 is 8.32 Å². The first kappa shape index (κ1) is 31.4. The van der Waals surface area contributed by atoms with Gasteiger partial charge in [-0.2, -0.15) is 17.9 Å². The quantitative estimate of drug-likeness (QED) is 0.200. The number of hydrogen-bond acceptors (Lipinski definition) is 5. The molecule has 2 aliphatic heterocycles. The van der Waals surface area contributed by atoms with E-state index >= 15 is 0 Å². The van der Waals surface area contributed by atoms with Crippen LogP contribution in [0.5, 0.6) is 0 Å². The lowest BCUT2D eigenvalue weighted by atomic mass is 9.69. The van der Waals surface area contributed by atoms with Crippen molar-refractivity contribution in [3.05, 3.63) is 62.9 Å². The fourth-order valence-corrected chi connectivity index (χ4v) is 8.00. The Bertz CT molecular complexity index is 1340. The molecular weight excluding hydrogens is 561 g/mol. The number of fused-ring (bicyclic) bond motifs is 4. The molecule has 2 unspecified atom stereocenters. The van der Waals surface area contributed by atoms with E-state index in [1.54, 1.807) is 0 Å². The SMILES string of the molecule is CC(C)c1c2c(c3c([n+]1[O-])CC(C)(C)CC3O[Si](C)(C)C(C)(C)C)C1(CCOCC1)OC2c1ccc(C(F)(F)F)nc1. The Morgan fingerprint density at radius 2 is 1.74 bits per heavy atom. The maximum absolute atomic E-state index is 14.5. The predicted molar refractivity (Wildman–Crippen MR) is 157 cm³/mol. The molecule has 6 nitrogen and oxygen atoms in total. The van der Waals surface area contributed by atoms with Gasteiger partial charge in [-0.15, -0.1) is 0 Å². The molecule has 0 N–H and O–H groups in total. The number of halogens is 3. The van der Waals surface area contributed by atoms with Crippen molar-refractivity contribution in [2.24, 2.45) is 5.41 Å². The van der Waals surface area contributed by atoms with Crippen molar-refractivity contribution in [3.8, 4) is 0 Å². The van der Waals surface area contributed by atoms with Crippen LogP contribution in [0.15, 0.2) is 18.3 Å². The third-order valence-corrected chi connectivity index (χ3v) is 14.3. The molecule has 0 amide bonds. The Hall–Kier alpha value is -2.01. The summed E-state index contributed by atoms with van der Waals surface area (Å²) in [6.45, 7) is 20.5. The summed E-state index contributed by atoms with van der Waals surface area (Å²) in [5, 5.41) is 14.4. The van der Waals surface area contributed by atoms with Crippen LogP contribution in [-0.2, 0) is 32.1 Å². The highest BCUT2D eigenvalue weighted by molar-refractivity contribution is 6.74. The lowest BCUT2D eigenvalue weighted by Crippen LogP contribution is -2.49. The average molecular weight is 607 g/mol. The summed E-state index contributed by atoms with van der Waals surface area (Å²) in [5.74, 6) is -0.144. The minimum Gasteiger partial charge on any atom is -0.618 e. The topological polar surface area (TPSA) is 67.5 Å². The predicted octanol–water partition coefficient (Wildman–Crippen LogP) is 8.02. The van der Waals surface area contributed by atoms with Gasteiger partial charge in [0.1, 0.15) is 11.8 Å². The van der Waals surface area contributed by atoms with Gasteiger partial charge in [0.05, 0.1) is 22.8 Å². The first-order valence-corrected chi connectivity index (χ1v) is 18.0. The fraction of sp³-hybridized carbons (Fsp3) is 0.688. The van der Waals surface area contributed by atoms with E-state index in [9.17, 15) is 18.4 Å². The fourth-order valence-electron chi connectivity index (χ4n) is 6.73. The van der Waals surface area contributed by atoms with Crippen LogP contribution in [0, 0.1) is 10.6 Å². The van der Waals surface area contributed by atoms with Gasteiger partial charge in [0, 0.05) is 55.7 Å². The summed E-state index contributed by atoms with van der Waals surface area (Å²) in [5.41, 5.74) is 2.70. The molecule has 0 bridgehead atoms. The molecule has 0 radical (unpaired) electrons. The van der Waals surface area contributed by atoms with Gasteiger partial charge in [-0.25, -0.2) is 0 Å². The van der Waals surface area contributed by atoms with E-state index < -0.39 is 31.9 Å². The van der Waals surface area contributed by atoms with Crippen molar-refractivity contribution in [2.45, 2.75) is 122 Å². The lowest BCUT2D eigenvalue weighted by molar-refractivity contribution is -0.626. The molecule has 1 spiro atoms. The van der Waals surface area contributed by atoms with Crippen LogP contribution in [0.4, 0.5) is 13.2 Å². The minimum absolute atomic E-state index is 0.0372. The number of pyridine rings is 2. The molecule has 2 aromatic rings. The highest BCUT2D eigenvalue weighted by atomic mass is 28.4. The van der Waals surface area contributed by atoms with E-state index in [1.807, 2.05) is 13.8 Å². The van der Waals surface area contributed by atoms with Gasteiger partial charge >= 0.3 is 6.18 Å². The molecule has 0 saturated carbocycles. The Balaban J connectivity index is 1.80. The van der Waals surface area contributed by atoms with Crippen molar-refractivity contribution in [2.75, 3.05) is 13.2 Å². The molecular formula is C32H45F3N2O4Si. The van der Waals surface area contributed by atoms with Crippen LogP contribution < -0.4 is 4.73 Å². The summed E-state index contributed by atoms with van der Waals surface area (Å²) < 4.78 is 61.2. The molecule has 232 valence electrons. The van der Waals surface area contributed by atoms with Crippen LogP contribution in [0.1, 0.15) is 125 Å². The smallest absolute Gasteiger partial charge is 0.433 e. The highest BCUT2D eigenvalue weighted by Crippen LogP contribution is 2.58. The summed E-state index contributed by atoms with van der Waals surface area (Å²) in [4.78, 5) is 3.76. The van der Waals surface area contributed by atoms with E-state index in [2.05, 4.69) is 52.7 Å². The van der Waals surface area contributed by atoms with Gasteiger partial charge in [0.2, 0.25) is 5.69 Å². The van der Waals surface area contributed by atoms with Crippen LogP contribution in [0.25, 0.3) is 0 Å². The van der Waals surface area contributed by atoms with Crippen molar-refractivity contribution in [1.82, 2.24) is 4.98 Å². The number of hydrogen-bond donors (Lipinski definition) is 0. The Labute approximate surface area is 248 Å². The van der Waals surface area contributed by atoms with E-state index in [1.165, 1.54) is 12.3 Å². The van der Waals surface area contributed by atoms with E-state index in [4.69, 9.17) is 13.9 Å². The molecule has 1 saturated heterocycles. The zero-order valence-electron chi connectivity index (χ0n) is 26.4. The minimum atomic E-state index is -4.55. The first-order valence-electron chi connectivity index (χ1n) is 15.1. The Morgan fingerprint density at radius 1 is 1.10 bits per heavy atom. The van der Waals surface area contributed by atoms with Crippen molar-refractivity contribution in [3.63, 3.8) is 0 Å². The summed E-state index contributed by atoms with van der Waals surface area (Å²) >= 11 is 0. The van der Waals surface area contributed by atoms with Gasteiger partial charge in [-0.1, -0.05) is 54.5 Å². The molecule has 5 rings (SSSR count). The number of ether oxygens (including phenoxy) is 2. The van der Waals surface area contributed by atoms with Gasteiger partial charge in [-0.05, 0) is 36.0 Å². The summed E-state index contributed by atoms with van der Waals surface area (Å²) in [6, 6.07) is 2.44. The monoisotopic (exact) mass is 606 g/mol. The largest absolute Gasteiger partial charge is 0.618 e. The second kappa shape index (κ2) is 10.3. The van der Waals surface area contributed by atoms with Crippen LogP contribution >= 0.6 is 0 Å². The average Bonchev–Trinajstić information content (AvgIpc) is 3.16. The standard InChI is InChI=1S/C32H45F3N2O4Si/c1-19(2)27-25-26(24-21(37(27)38)16-30(6,7)17-22(24)41-42(8,9)29(3,4)5)31(12-14-39-15-13-31)40-28(25)20-10-11-23(36-18-20)32(33,34)35/h10-11,18-19,22,28H,12-17H2,1-9H3. The number of rotatable bonds is 4. The Morgan fingerprint density at radius 3 is 2.26 bits per heavy atom. The summed E-state index contributed by atoms with van der Waals surface area (Å²) in [7, 11) is -2.27. The van der Waals surface area contributed by atoms with Gasteiger partial charge < -0.3 is 19.1 Å². The zero-order chi connectivity index (χ0) is 31.0. The highest BCUT2D eigenvalue weighted by Gasteiger charge is 2.56. The second-order valence-electron chi connectivity index (χ2n) is 15.0. The molecule has 2 atom stereocenters. The van der Waals surface area contributed by atoms with Crippen molar-refractivity contribution < 1.29 is 31.8 Å². The molecule has 1 aliphatic carbocycles. The lowest BCUT2D eigenvalue weighted by Gasteiger charge is -2.45. The third kappa shape index (κ3) is 5.30. The van der Waals surface area contributed by atoms with E-state index in [0.29, 0.717) is 43.7 Å². The summed E-state index contributed by atoms with van der Waals surface area (Å²) in [6.07, 6.45) is -1.76. The zero-order valence-corrected chi connectivity index (χ0v) is 27.4. The molecule has 2 aromatic heterocycles. The third-order valence-electron chi connectivity index (χ3n) is 9.83. The number of alkyl halides is 3. The normalized spacial score (nSPS) is 23.7. The maximum Gasteiger partial charge on any atom is 0.433 e. The maximum atomic E-state index is 14.5. The van der Waals surface area contributed by atoms with Crippen LogP contribution in [-0.4, -0.2) is 26.5 Å². The van der Waals surface area contributed by atoms with Crippen LogP contribution in [0.2, 0.25) is 18.1 Å². The van der Waals surface area contributed by atoms with Gasteiger partial charge in [0.15, 0.2) is 14.0 Å². The number of aromatic nitrogens is 2. The van der Waals surface area contributed by atoms with E-state index in [-0.39, 0.29) is 22.5 Å². The first-order chi connectivity index (χ1) is 19.3. The van der Waals surface area contributed by atoms with Gasteiger partial charge in [-0.3, -0.25) is 4.98 Å². The molecule has 1 fully saturated rings.